The lowest BCUT2D eigenvalue weighted by Gasteiger charge is -2.00. The Bertz CT molecular complexity index is 375. The van der Waals surface area contributed by atoms with E-state index in [2.05, 4.69) is 10.2 Å². The van der Waals surface area contributed by atoms with Gasteiger partial charge < -0.3 is 0 Å². The summed E-state index contributed by atoms with van der Waals surface area (Å²) in [5, 5.41) is 5.69. The van der Waals surface area contributed by atoms with E-state index in [1.54, 1.807) is 0 Å². The number of halogens is 1. The second-order valence-electron chi connectivity index (χ2n) is 2.29. The van der Waals surface area contributed by atoms with E-state index in [1.807, 2.05) is 5.43 Å². The third-order valence-corrected chi connectivity index (χ3v) is 1.67. The molecule has 1 rings (SSSR count). The summed E-state index contributed by atoms with van der Waals surface area (Å²) in [6.45, 7) is 0. The zero-order chi connectivity index (χ0) is 9.84. The maximum atomic E-state index is 10.8. The predicted octanol–water partition coefficient (Wildman–Crippen LogP) is -1.04. The van der Waals surface area contributed by atoms with Crippen molar-refractivity contribution in [1.29, 1.82) is 0 Å². The summed E-state index contributed by atoms with van der Waals surface area (Å²) in [7, 11) is 0. The lowest BCUT2D eigenvalue weighted by Crippen LogP contribution is -2.31. The van der Waals surface area contributed by atoms with Crippen LogP contribution in [0, 0.1) is 0 Å². The van der Waals surface area contributed by atoms with Crippen molar-refractivity contribution < 1.29 is 4.79 Å². The number of hydrazine groups is 1. The minimum absolute atomic E-state index is 0.0632. The van der Waals surface area contributed by atoms with Crippen molar-refractivity contribution in [2.75, 3.05) is 0 Å². The molecule has 0 aliphatic rings. The van der Waals surface area contributed by atoms with Gasteiger partial charge in [-0.15, -0.1) is 0 Å². The minimum Gasteiger partial charge on any atom is -0.294 e. The molecule has 0 atom stereocenters. The van der Waals surface area contributed by atoms with Gasteiger partial charge in [-0.25, -0.2) is 10.9 Å². The highest BCUT2D eigenvalue weighted by Crippen LogP contribution is 2.08. The van der Waals surface area contributed by atoms with Crippen molar-refractivity contribution in [3.05, 3.63) is 27.1 Å². The monoisotopic (exact) mass is 202 g/mol. The van der Waals surface area contributed by atoms with Gasteiger partial charge in [-0.05, 0) is 0 Å². The van der Waals surface area contributed by atoms with Gasteiger partial charge >= 0.3 is 0 Å². The molecule has 0 unspecified atom stereocenters. The summed E-state index contributed by atoms with van der Waals surface area (Å²) < 4.78 is 0. The Morgan fingerprint density at radius 2 is 2.46 bits per heavy atom. The van der Waals surface area contributed by atoms with E-state index in [0.29, 0.717) is 5.56 Å². The number of aromatic amines is 1. The number of hydrogen-bond acceptors (Lipinski definition) is 4. The summed E-state index contributed by atoms with van der Waals surface area (Å²) in [5.41, 5.74) is 1.85. The van der Waals surface area contributed by atoms with Crippen molar-refractivity contribution in [3.8, 4) is 0 Å². The Morgan fingerprint density at radius 1 is 1.77 bits per heavy atom. The number of hydrogen-bond donors (Lipinski definition) is 3. The van der Waals surface area contributed by atoms with Gasteiger partial charge in [0.2, 0.25) is 5.91 Å². The molecule has 1 amide bonds. The first kappa shape index (κ1) is 9.69. The molecule has 0 aliphatic carbocycles. The molecule has 0 saturated carbocycles. The minimum atomic E-state index is -0.436. The lowest BCUT2D eigenvalue weighted by atomic mass is 10.2. The zero-order valence-electron chi connectivity index (χ0n) is 6.50. The van der Waals surface area contributed by atoms with E-state index in [0.717, 1.165) is 0 Å². The van der Waals surface area contributed by atoms with Crippen molar-refractivity contribution in [3.63, 3.8) is 0 Å². The fraction of sp³-hybridized carbons (Fsp3) is 0.167. The molecule has 1 aromatic rings. The largest absolute Gasteiger partial charge is 0.294 e. The van der Waals surface area contributed by atoms with Crippen molar-refractivity contribution in [2.24, 2.45) is 5.84 Å². The highest BCUT2D eigenvalue weighted by molar-refractivity contribution is 6.30. The van der Waals surface area contributed by atoms with Crippen LogP contribution in [0.1, 0.15) is 5.56 Å². The summed E-state index contributed by atoms with van der Waals surface area (Å²) in [4.78, 5) is 21.6. The summed E-state index contributed by atoms with van der Waals surface area (Å²) in [6, 6.07) is 1.20. The molecule has 4 N–H and O–H groups in total. The van der Waals surface area contributed by atoms with E-state index >= 15 is 0 Å². The summed E-state index contributed by atoms with van der Waals surface area (Å²) in [5.74, 6) is 4.42. The summed E-state index contributed by atoms with van der Waals surface area (Å²) in [6.07, 6.45) is -0.0632. The second-order valence-corrected chi connectivity index (χ2v) is 2.65. The van der Waals surface area contributed by atoms with E-state index in [-0.39, 0.29) is 11.6 Å². The number of rotatable bonds is 2. The quantitative estimate of drug-likeness (QED) is 0.324. The van der Waals surface area contributed by atoms with E-state index in [4.69, 9.17) is 17.4 Å². The molecule has 6 nitrogen and oxygen atoms in total. The SMILES string of the molecule is NNC(=O)Cc1cc(=O)[nH]nc1Cl. The number of nitrogens with one attached hydrogen (secondary N) is 2. The van der Waals surface area contributed by atoms with Gasteiger partial charge in [-0.3, -0.25) is 15.0 Å². The first-order chi connectivity index (χ1) is 6.13. The number of nitrogens with two attached hydrogens (primary N) is 1. The molecule has 1 aromatic heterocycles. The maximum absolute atomic E-state index is 10.8. The number of nitrogens with zero attached hydrogens (tertiary/aromatic N) is 1. The van der Waals surface area contributed by atoms with Crippen molar-refractivity contribution in [1.82, 2.24) is 15.6 Å². The van der Waals surface area contributed by atoms with Crippen LogP contribution in [0.5, 0.6) is 0 Å². The molecule has 0 saturated heterocycles. The van der Waals surface area contributed by atoms with E-state index < -0.39 is 11.5 Å². The lowest BCUT2D eigenvalue weighted by molar-refractivity contribution is -0.120. The number of amides is 1. The topological polar surface area (TPSA) is 101 Å². The summed E-state index contributed by atoms with van der Waals surface area (Å²) >= 11 is 5.60. The van der Waals surface area contributed by atoms with Crippen LogP contribution in [-0.2, 0) is 11.2 Å². The standard InChI is InChI=1S/C6H7ClN4O2/c7-6-3(1-4(12)9-8)2-5(13)10-11-6/h2H,1,8H2,(H,9,12)(H,10,13). The fourth-order valence-electron chi connectivity index (χ4n) is 0.774. The fourth-order valence-corrected chi connectivity index (χ4v) is 0.938. The Labute approximate surface area is 78.1 Å². The smallest absolute Gasteiger partial charge is 0.264 e. The van der Waals surface area contributed by atoms with Gasteiger partial charge in [0.15, 0.2) is 5.15 Å². The van der Waals surface area contributed by atoms with Crippen molar-refractivity contribution >= 4 is 17.5 Å². The van der Waals surface area contributed by atoms with Crippen molar-refractivity contribution in [2.45, 2.75) is 6.42 Å². The van der Waals surface area contributed by atoms with Crippen LogP contribution in [0.4, 0.5) is 0 Å². The molecule has 0 radical (unpaired) electrons. The molecular weight excluding hydrogens is 196 g/mol. The molecule has 0 spiro atoms. The van der Waals surface area contributed by atoms with Crippen LogP contribution >= 0.6 is 11.6 Å². The third kappa shape index (κ3) is 2.53. The van der Waals surface area contributed by atoms with Gasteiger partial charge in [-0.1, -0.05) is 11.6 Å². The van der Waals surface area contributed by atoms with E-state index in [1.165, 1.54) is 6.07 Å². The van der Waals surface area contributed by atoms with Gasteiger partial charge in [-0.2, -0.15) is 5.10 Å². The first-order valence-corrected chi connectivity index (χ1v) is 3.75. The highest BCUT2D eigenvalue weighted by Gasteiger charge is 2.07. The molecule has 7 heteroatoms. The molecule has 0 fully saturated rings. The Hall–Kier alpha value is -1.40. The average Bonchev–Trinajstić information content (AvgIpc) is 2.11. The van der Waals surface area contributed by atoms with Crippen LogP contribution in [-0.4, -0.2) is 16.1 Å². The molecular formula is C6H7ClN4O2. The molecule has 13 heavy (non-hydrogen) atoms. The van der Waals surface area contributed by atoms with Gasteiger partial charge in [0.25, 0.3) is 5.56 Å². The third-order valence-electron chi connectivity index (χ3n) is 1.35. The Morgan fingerprint density at radius 3 is 3.08 bits per heavy atom. The zero-order valence-corrected chi connectivity index (χ0v) is 7.26. The Balaban J connectivity index is 2.94. The van der Waals surface area contributed by atoms with E-state index in [9.17, 15) is 9.59 Å². The first-order valence-electron chi connectivity index (χ1n) is 3.37. The van der Waals surface area contributed by atoms with Gasteiger partial charge in [0.1, 0.15) is 0 Å². The van der Waals surface area contributed by atoms with Crippen LogP contribution in [0.25, 0.3) is 0 Å². The molecule has 0 bridgehead atoms. The highest BCUT2D eigenvalue weighted by atomic mass is 35.5. The Kier molecular flexibility index (Phi) is 2.99. The average molecular weight is 203 g/mol. The number of carbonyl (C=O) groups is 1. The van der Waals surface area contributed by atoms with Crippen LogP contribution in [0.2, 0.25) is 5.15 Å². The molecule has 0 aliphatic heterocycles. The number of aromatic nitrogens is 2. The second kappa shape index (κ2) is 4.01. The van der Waals surface area contributed by atoms with Crippen LogP contribution < -0.4 is 16.8 Å². The molecule has 70 valence electrons. The normalized spacial score (nSPS) is 9.69. The maximum Gasteiger partial charge on any atom is 0.264 e. The van der Waals surface area contributed by atoms with Gasteiger partial charge in [0.05, 0.1) is 6.42 Å². The molecule has 1 heterocycles. The predicted molar refractivity (Wildman–Crippen MR) is 45.9 cm³/mol. The number of H-pyrrole nitrogens is 1. The van der Waals surface area contributed by atoms with Gasteiger partial charge in [0, 0.05) is 11.6 Å². The van der Waals surface area contributed by atoms with Crippen LogP contribution in [0.3, 0.4) is 0 Å². The van der Waals surface area contributed by atoms with Crippen LogP contribution in [0.15, 0.2) is 10.9 Å². The molecule has 0 aromatic carbocycles. The number of carbonyl (C=O) groups excluding carboxylic acids is 1.